The van der Waals surface area contributed by atoms with Crippen molar-refractivity contribution in [1.29, 1.82) is 0 Å². The van der Waals surface area contributed by atoms with Crippen molar-refractivity contribution in [1.82, 2.24) is 0 Å². The number of benzene rings is 1. The topological polar surface area (TPSA) is 12.0 Å². The van der Waals surface area contributed by atoms with E-state index in [1.165, 1.54) is 28.1 Å². The fourth-order valence-electron chi connectivity index (χ4n) is 2.61. The summed E-state index contributed by atoms with van der Waals surface area (Å²) in [4.78, 5) is 1.33. The first-order valence-electron chi connectivity index (χ1n) is 6.82. The van der Waals surface area contributed by atoms with Gasteiger partial charge in [-0.2, -0.15) is 0 Å². The minimum Gasteiger partial charge on any atom is -0.377 e. The van der Waals surface area contributed by atoms with Crippen molar-refractivity contribution >= 4 is 28.6 Å². The Kier molecular flexibility index (Phi) is 3.55. The maximum Gasteiger partial charge on any atom is 0.0932 e. The summed E-state index contributed by atoms with van der Waals surface area (Å²) in [6, 6.07) is 11.4. The molecule has 2 aromatic rings. The highest BCUT2D eigenvalue weighted by molar-refractivity contribution is 7.16. The summed E-state index contributed by atoms with van der Waals surface area (Å²) in [5.41, 5.74) is 4.17. The minimum atomic E-state index is 0.389. The monoisotopic (exact) mass is 291 g/mol. The van der Waals surface area contributed by atoms with Crippen molar-refractivity contribution in [2.45, 2.75) is 38.6 Å². The van der Waals surface area contributed by atoms with Gasteiger partial charge in [0.15, 0.2) is 0 Å². The van der Waals surface area contributed by atoms with Crippen molar-refractivity contribution < 1.29 is 0 Å². The largest absolute Gasteiger partial charge is 0.377 e. The quantitative estimate of drug-likeness (QED) is 0.773. The smallest absolute Gasteiger partial charge is 0.0932 e. The first-order valence-corrected chi connectivity index (χ1v) is 8.01. The van der Waals surface area contributed by atoms with Crippen molar-refractivity contribution in [2.24, 2.45) is 0 Å². The number of halogens is 1. The molecule has 2 unspecified atom stereocenters. The highest BCUT2D eigenvalue weighted by Gasteiger charge is 2.23. The van der Waals surface area contributed by atoms with Crippen LogP contribution in [0.1, 0.15) is 48.2 Å². The van der Waals surface area contributed by atoms with Crippen LogP contribution in [-0.4, -0.2) is 0 Å². The number of hydrogen-bond acceptors (Lipinski definition) is 2. The fourth-order valence-corrected chi connectivity index (χ4v) is 3.72. The highest BCUT2D eigenvalue weighted by atomic mass is 35.5. The van der Waals surface area contributed by atoms with Crippen molar-refractivity contribution in [2.75, 3.05) is 5.32 Å². The number of rotatable bonds is 3. The maximum atomic E-state index is 6.03. The molecule has 3 rings (SSSR count). The SMILES string of the molecule is CCC(C)c1ccc2c(c1)CC(c1ccc(Cl)s1)N2. The zero-order valence-corrected chi connectivity index (χ0v) is 12.8. The molecule has 19 heavy (non-hydrogen) atoms. The van der Waals surface area contributed by atoms with Gasteiger partial charge in [-0.3, -0.25) is 0 Å². The summed E-state index contributed by atoms with van der Waals surface area (Å²) in [6.45, 7) is 4.53. The molecule has 1 aliphatic rings. The van der Waals surface area contributed by atoms with Crippen LogP contribution >= 0.6 is 22.9 Å². The third-order valence-corrected chi connectivity index (χ3v) is 5.35. The normalized spacial score (nSPS) is 19.0. The predicted molar refractivity (Wildman–Crippen MR) is 84.5 cm³/mol. The van der Waals surface area contributed by atoms with E-state index in [-0.39, 0.29) is 0 Å². The van der Waals surface area contributed by atoms with Crippen LogP contribution in [0.2, 0.25) is 4.34 Å². The molecule has 1 nitrogen and oxygen atoms in total. The predicted octanol–water partition coefficient (Wildman–Crippen LogP) is 5.62. The van der Waals surface area contributed by atoms with E-state index in [2.05, 4.69) is 43.4 Å². The van der Waals surface area contributed by atoms with Gasteiger partial charge in [0.1, 0.15) is 0 Å². The van der Waals surface area contributed by atoms with Gasteiger partial charge >= 0.3 is 0 Å². The third kappa shape index (κ3) is 2.52. The molecule has 0 radical (unpaired) electrons. The molecule has 0 spiro atoms. The van der Waals surface area contributed by atoms with Crippen LogP contribution in [0.5, 0.6) is 0 Å². The Bertz CT molecular complexity index is 590. The molecule has 1 aliphatic heterocycles. The lowest BCUT2D eigenvalue weighted by atomic mass is 9.95. The van der Waals surface area contributed by atoms with Crippen LogP contribution in [0.4, 0.5) is 5.69 Å². The van der Waals surface area contributed by atoms with Crippen molar-refractivity contribution in [3.05, 3.63) is 50.7 Å². The van der Waals surface area contributed by atoms with Gasteiger partial charge in [0.25, 0.3) is 0 Å². The number of nitrogens with one attached hydrogen (secondary N) is 1. The second-order valence-corrected chi connectivity index (χ2v) is 7.02. The summed E-state index contributed by atoms with van der Waals surface area (Å²) >= 11 is 7.70. The molecule has 0 amide bonds. The van der Waals surface area contributed by atoms with Gasteiger partial charge in [-0.25, -0.2) is 0 Å². The second kappa shape index (κ2) is 5.18. The molecule has 100 valence electrons. The van der Waals surface area contributed by atoms with Crippen LogP contribution in [0.15, 0.2) is 30.3 Å². The third-order valence-electron chi connectivity index (χ3n) is 4.00. The summed E-state index contributed by atoms with van der Waals surface area (Å²) in [7, 11) is 0. The number of hydrogen-bond donors (Lipinski definition) is 1. The molecular weight excluding hydrogens is 274 g/mol. The average Bonchev–Trinajstić information content (AvgIpc) is 3.02. The zero-order valence-electron chi connectivity index (χ0n) is 11.2. The van der Waals surface area contributed by atoms with E-state index in [0.29, 0.717) is 12.0 Å². The lowest BCUT2D eigenvalue weighted by molar-refractivity contribution is 0.732. The number of thiophene rings is 1. The number of fused-ring (bicyclic) bond motifs is 1. The Morgan fingerprint density at radius 1 is 1.37 bits per heavy atom. The summed E-state index contributed by atoms with van der Waals surface area (Å²) < 4.78 is 0.869. The standard InChI is InChI=1S/C16H18ClNS/c1-3-10(2)11-4-5-13-12(8-11)9-14(18-13)15-6-7-16(17)19-15/h4-8,10,14,18H,3,9H2,1-2H3. The molecule has 0 saturated heterocycles. The summed E-state index contributed by atoms with van der Waals surface area (Å²) in [6.07, 6.45) is 2.26. The summed E-state index contributed by atoms with van der Waals surface area (Å²) in [5, 5.41) is 3.60. The lowest BCUT2D eigenvalue weighted by Crippen LogP contribution is -2.02. The van der Waals surface area contributed by atoms with E-state index in [1.54, 1.807) is 11.3 Å². The van der Waals surface area contributed by atoms with Crippen LogP contribution in [0, 0.1) is 0 Å². The van der Waals surface area contributed by atoms with E-state index < -0.39 is 0 Å². The minimum absolute atomic E-state index is 0.389. The average molecular weight is 292 g/mol. The summed E-state index contributed by atoms with van der Waals surface area (Å²) in [5.74, 6) is 0.639. The molecule has 2 atom stereocenters. The molecule has 1 N–H and O–H groups in total. The van der Waals surface area contributed by atoms with Crippen LogP contribution < -0.4 is 5.32 Å². The highest BCUT2D eigenvalue weighted by Crippen LogP contribution is 2.39. The van der Waals surface area contributed by atoms with E-state index in [0.717, 1.165) is 10.8 Å². The zero-order chi connectivity index (χ0) is 13.4. The Labute approximate surface area is 123 Å². The number of anilines is 1. The molecular formula is C16H18ClNS. The second-order valence-electron chi connectivity index (χ2n) is 5.27. The Hall–Kier alpha value is -0.990. The molecule has 0 aliphatic carbocycles. The Balaban J connectivity index is 1.84. The van der Waals surface area contributed by atoms with Gasteiger partial charge in [-0.1, -0.05) is 37.6 Å². The maximum absolute atomic E-state index is 6.03. The first kappa shape index (κ1) is 13.0. The van der Waals surface area contributed by atoms with Crippen molar-refractivity contribution in [3.63, 3.8) is 0 Å². The van der Waals surface area contributed by atoms with Gasteiger partial charge in [0, 0.05) is 10.6 Å². The fraction of sp³-hybridized carbons (Fsp3) is 0.375. The molecule has 3 heteroatoms. The Morgan fingerprint density at radius 3 is 2.89 bits per heavy atom. The van der Waals surface area contributed by atoms with Gasteiger partial charge in [-0.15, -0.1) is 11.3 Å². The van der Waals surface area contributed by atoms with Crippen molar-refractivity contribution in [3.8, 4) is 0 Å². The van der Waals surface area contributed by atoms with Crippen LogP contribution in [-0.2, 0) is 6.42 Å². The molecule has 0 saturated carbocycles. The van der Waals surface area contributed by atoms with Gasteiger partial charge in [0.05, 0.1) is 10.4 Å². The van der Waals surface area contributed by atoms with Gasteiger partial charge < -0.3 is 5.32 Å². The van der Waals surface area contributed by atoms with Gasteiger partial charge in [-0.05, 0) is 48.1 Å². The Morgan fingerprint density at radius 2 is 2.21 bits per heavy atom. The van der Waals surface area contributed by atoms with Gasteiger partial charge in [0.2, 0.25) is 0 Å². The molecule has 2 heterocycles. The first-order chi connectivity index (χ1) is 9.17. The van der Waals surface area contributed by atoms with E-state index in [1.807, 2.05) is 6.07 Å². The van der Waals surface area contributed by atoms with Crippen LogP contribution in [0.3, 0.4) is 0 Å². The molecule has 1 aromatic carbocycles. The van der Waals surface area contributed by atoms with E-state index >= 15 is 0 Å². The van der Waals surface area contributed by atoms with E-state index in [4.69, 9.17) is 11.6 Å². The lowest BCUT2D eigenvalue weighted by Gasteiger charge is -2.10. The molecule has 0 fully saturated rings. The van der Waals surface area contributed by atoms with Crippen LogP contribution in [0.25, 0.3) is 0 Å². The molecule has 0 bridgehead atoms. The molecule has 1 aromatic heterocycles. The van der Waals surface area contributed by atoms with E-state index in [9.17, 15) is 0 Å².